The van der Waals surface area contributed by atoms with Gasteiger partial charge in [0.1, 0.15) is 23.1 Å². The van der Waals surface area contributed by atoms with E-state index in [0.717, 1.165) is 0 Å². The Labute approximate surface area is 151 Å². The molecule has 2 rings (SSSR count). The van der Waals surface area contributed by atoms with E-state index in [4.69, 9.17) is 14.2 Å². The van der Waals surface area contributed by atoms with Gasteiger partial charge in [-0.2, -0.15) is 5.26 Å². The van der Waals surface area contributed by atoms with E-state index in [-0.39, 0.29) is 5.57 Å². The number of hydrogen-bond acceptors (Lipinski definition) is 6. The first-order valence-electron chi connectivity index (χ1n) is 7.68. The Balaban J connectivity index is 2.06. The topological polar surface area (TPSA) is 85.6 Å². The lowest BCUT2D eigenvalue weighted by atomic mass is 10.1. The standard InChI is InChI=1S/C20H17NO5/c1-24-16-9-7-14(8-10-16)11-15(12-21)20(23)26-13-18(22)17-5-3-4-6-19(17)25-2/h3-11H,13H2,1-2H3/b15-11+. The predicted octanol–water partition coefficient (Wildman–Crippen LogP) is 3.04. The van der Waals surface area contributed by atoms with Crippen LogP contribution in [0, 0.1) is 11.3 Å². The van der Waals surface area contributed by atoms with Gasteiger partial charge in [-0.1, -0.05) is 24.3 Å². The van der Waals surface area contributed by atoms with Gasteiger partial charge < -0.3 is 14.2 Å². The van der Waals surface area contributed by atoms with Crippen molar-refractivity contribution < 1.29 is 23.8 Å². The van der Waals surface area contributed by atoms with Crippen molar-refractivity contribution in [3.63, 3.8) is 0 Å². The minimum atomic E-state index is -0.869. The summed E-state index contributed by atoms with van der Waals surface area (Å²) in [4.78, 5) is 24.3. The van der Waals surface area contributed by atoms with E-state index in [1.54, 1.807) is 61.7 Å². The quantitative estimate of drug-likeness (QED) is 0.330. The van der Waals surface area contributed by atoms with Gasteiger partial charge in [-0.25, -0.2) is 4.79 Å². The maximum atomic E-state index is 12.2. The molecular weight excluding hydrogens is 334 g/mol. The summed E-state index contributed by atoms with van der Waals surface area (Å²) < 4.78 is 15.1. The first kappa shape index (κ1) is 18.7. The Morgan fingerprint density at radius 3 is 2.35 bits per heavy atom. The van der Waals surface area contributed by atoms with E-state index in [0.29, 0.717) is 22.6 Å². The molecule has 0 N–H and O–H groups in total. The van der Waals surface area contributed by atoms with Crippen LogP contribution in [0.5, 0.6) is 11.5 Å². The van der Waals surface area contributed by atoms with E-state index in [2.05, 4.69) is 0 Å². The molecule has 2 aromatic carbocycles. The van der Waals surface area contributed by atoms with Gasteiger partial charge in [0.15, 0.2) is 6.61 Å². The number of carbonyl (C=O) groups excluding carboxylic acids is 2. The fraction of sp³-hybridized carbons (Fsp3) is 0.150. The lowest BCUT2D eigenvalue weighted by Crippen LogP contribution is -2.15. The molecule has 0 radical (unpaired) electrons. The number of nitriles is 1. The number of hydrogen-bond donors (Lipinski definition) is 0. The van der Waals surface area contributed by atoms with E-state index >= 15 is 0 Å². The van der Waals surface area contributed by atoms with Crippen LogP contribution in [0.1, 0.15) is 15.9 Å². The molecule has 0 aliphatic carbocycles. The van der Waals surface area contributed by atoms with E-state index in [1.807, 2.05) is 0 Å². The van der Waals surface area contributed by atoms with Crippen LogP contribution in [0.15, 0.2) is 54.1 Å². The summed E-state index contributed by atoms with van der Waals surface area (Å²) in [6.45, 7) is -0.485. The summed E-state index contributed by atoms with van der Waals surface area (Å²) in [6, 6.07) is 15.2. The van der Waals surface area contributed by atoms with Crippen LogP contribution in [0.3, 0.4) is 0 Å². The van der Waals surface area contributed by atoms with Crippen molar-refractivity contribution in [2.75, 3.05) is 20.8 Å². The van der Waals surface area contributed by atoms with Gasteiger partial charge in [0, 0.05) is 0 Å². The molecule has 26 heavy (non-hydrogen) atoms. The second-order valence-corrected chi connectivity index (χ2v) is 5.14. The maximum Gasteiger partial charge on any atom is 0.349 e. The molecule has 6 nitrogen and oxygen atoms in total. The van der Waals surface area contributed by atoms with Gasteiger partial charge in [0.25, 0.3) is 0 Å². The minimum Gasteiger partial charge on any atom is -0.497 e. The second kappa shape index (κ2) is 9.04. The largest absolute Gasteiger partial charge is 0.497 e. The Kier molecular flexibility index (Phi) is 6.52. The number of carbonyl (C=O) groups is 2. The third-order valence-electron chi connectivity index (χ3n) is 3.51. The van der Waals surface area contributed by atoms with Crippen LogP contribution < -0.4 is 9.47 Å². The molecule has 0 unspecified atom stereocenters. The van der Waals surface area contributed by atoms with Crippen LogP contribution >= 0.6 is 0 Å². The first-order valence-corrected chi connectivity index (χ1v) is 7.68. The zero-order chi connectivity index (χ0) is 18.9. The zero-order valence-electron chi connectivity index (χ0n) is 14.4. The smallest absolute Gasteiger partial charge is 0.349 e. The number of esters is 1. The molecule has 0 aromatic heterocycles. The molecule has 6 heteroatoms. The predicted molar refractivity (Wildman–Crippen MR) is 94.9 cm³/mol. The molecule has 0 bridgehead atoms. The van der Waals surface area contributed by atoms with E-state index in [9.17, 15) is 14.9 Å². The summed E-state index contributed by atoms with van der Waals surface area (Å²) >= 11 is 0. The number of para-hydroxylation sites is 1. The fourth-order valence-corrected chi connectivity index (χ4v) is 2.17. The average Bonchev–Trinajstić information content (AvgIpc) is 2.70. The SMILES string of the molecule is COc1ccc(/C=C(\C#N)C(=O)OCC(=O)c2ccccc2OC)cc1. The van der Waals surface area contributed by atoms with Gasteiger partial charge in [-0.15, -0.1) is 0 Å². The second-order valence-electron chi connectivity index (χ2n) is 5.14. The highest BCUT2D eigenvalue weighted by atomic mass is 16.5. The number of methoxy groups -OCH3 is 2. The highest BCUT2D eigenvalue weighted by Crippen LogP contribution is 2.18. The Morgan fingerprint density at radius 1 is 1.04 bits per heavy atom. The van der Waals surface area contributed by atoms with Crippen molar-refractivity contribution in [2.45, 2.75) is 0 Å². The highest BCUT2D eigenvalue weighted by Gasteiger charge is 2.16. The number of nitrogens with zero attached hydrogens (tertiary/aromatic N) is 1. The van der Waals surface area contributed by atoms with Gasteiger partial charge >= 0.3 is 5.97 Å². The molecule has 0 aliphatic rings. The van der Waals surface area contributed by atoms with Crippen molar-refractivity contribution in [2.24, 2.45) is 0 Å². The summed E-state index contributed by atoms with van der Waals surface area (Å²) in [7, 11) is 2.99. The molecule has 0 fully saturated rings. The molecular formula is C20H17NO5. The van der Waals surface area contributed by atoms with Crippen molar-refractivity contribution in [3.05, 3.63) is 65.2 Å². The molecule has 0 saturated heterocycles. The number of ether oxygens (including phenoxy) is 3. The zero-order valence-corrected chi connectivity index (χ0v) is 14.4. The summed E-state index contributed by atoms with van der Waals surface area (Å²) in [5.74, 6) is -0.238. The van der Waals surface area contributed by atoms with Crippen molar-refractivity contribution in [3.8, 4) is 17.6 Å². The number of benzene rings is 2. The molecule has 0 heterocycles. The van der Waals surface area contributed by atoms with Crippen molar-refractivity contribution in [1.29, 1.82) is 5.26 Å². The van der Waals surface area contributed by atoms with Gasteiger partial charge in [0.2, 0.25) is 5.78 Å². The van der Waals surface area contributed by atoms with Gasteiger partial charge in [-0.05, 0) is 35.9 Å². The van der Waals surface area contributed by atoms with Crippen LogP contribution in [-0.4, -0.2) is 32.6 Å². The number of Topliss-reactive ketones (excluding diaryl/α,β-unsaturated/α-hetero) is 1. The Hall–Kier alpha value is -3.59. The van der Waals surface area contributed by atoms with Crippen molar-refractivity contribution >= 4 is 17.8 Å². The van der Waals surface area contributed by atoms with Crippen molar-refractivity contribution in [1.82, 2.24) is 0 Å². The maximum absolute atomic E-state index is 12.2. The van der Waals surface area contributed by atoms with Gasteiger partial charge in [-0.3, -0.25) is 4.79 Å². The average molecular weight is 351 g/mol. The highest BCUT2D eigenvalue weighted by molar-refractivity contribution is 6.03. The van der Waals surface area contributed by atoms with E-state index < -0.39 is 18.4 Å². The van der Waals surface area contributed by atoms with E-state index in [1.165, 1.54) is 13.2 Å². The molecule has 132 valence electrons. The Bertz CT molecular complexity index is 863. The summed E-state index contributed by atoms with van der Waals surface area (Å²) in [6.07, 6.45) is 1.38. The van der Waals surface area contributed by atoms with Crippen LogP contribution in [0.25, 0.3) is 6.08 Å². The monoisotopic (exact) mass is 351 g/mol. The lowest BCUT2D eigenvalue weighted by molar-refractivity contribution is -0.137. The van der Waals surface area contributed by atoms with Crippen LogP contribution in [0.4, 0.5) is 0 Å². The third kappa shape index (κ3) is 4.71. The molecule has 2 aromatic rings. The third-order valence-corrected chi connectivity index (χ3v) is 3.51. The van der Waals surface area contributed by atoms with Crippen LogP contribution in [0.2, 0.25) is 0 Å². The molecule has 0 spiro atoms. The Morgan fingerprint density at radius 2 is 1.73 bits per heavy atom. The number of ketones is 1. The summed E-state index contributed by atoms with van der Waals surface area (Å²) in [5.41, 5.74) is 0.735. The fourth-order valence-electron chi connectivity index (χ4n) is 2.17. The molecule has 0 aliphatic heterocycles. The molecule has 0 atom stereocenters. The summed E-state index contributed by atoms with van der Waals surface area (Å²) in [5, 5.41) is 9.17. The number of rotatable bonds is 7. The normalized spacial score (nSPS) is 10.6. The first-order chi connectivity index (χ1) is 12.6. The molecule has 0 amide bonds. The lowest BCUT2D eigenvalue weighted by Gasteiger charge is -2.07. The molecule has 0 saturated carbocycles. The van der Waals surface area contributed by atoms with Gasteiger partial charge in [0.05, 0.1) is 19.8 Å². The van der Waals surface area contributed by atoms with Crippen LogP contribution in [-0.2, 0) is 9.53 Å². The minimum absolute atomic E-state index is 0.206.